The van der Waals surface area contributed by atoms with E-state index in [0.717, 1.165) is 12.8 Å². The van der Waals surface area contributed by atoms with Gasteiger partial charge in [-0.3, -0.25) is 11.3 Å². The van der Waals surface area contributed by atoms with Crippen molar-refractivity contribution in [3.05, 3.63) is 0 Å². The molecule has 0 bridgehead atoms. The van der Waals surface area contributed by atoms with Gasteiger partial charge in [-0.25, -0.2) is 8.78 Å². The first-order valence-electron chi connectivity index (χ1n) is 3.91. The van der Waals surface area contributed by atoms with Gasteiger partial charge in [-0.15, -0.1) is 0 Å². The summed E-state index contributed by atoms with van der Waals surface area (Å²) in [4.78, 5) is 0. The third-order valence-corrected chi connectivity index (χ3v) is 2.02. The first kappa shape index (κ1) is 10.8. The maximum Gasteiger partial charge on any atom is 0.255 e. The van der Waals surface area contributed by atoms with Crippen molar-refractivity contribution in [2.24, 2.45) is 11.8 Å². The predicted molar refractivity (Wildman–Crippen MR) is 41.2 cm³/mol. The summed E-state index contributed by atoms with van der Waals surface area (Å²) in [6.45, 7) is 3.78. The van der Waals surface area contributed by atoms with Crippen LogP contribution in [-0.4, -0.2) is 12.5 Å². The smallest absolute Gasteiger partial charge is 0.255 e. The van der Waals surface area contributed by atoms with Crippen molar-refractivity contribution in [3.8, 4) is 0 Å². The Morgan fingerprint density at radius 1 is 1.27 bits per heavy atom. The van der Waals surface area contributed by atoms with Crippen LogP contribution in [0.2, 0.25) is 0 Å². The Balaban J connectivity index is 3.98. The van der Waals surface area contributed by atoms with Crippen molar-refractivity contribution in [3.63, 3.8) is 0 Å². The van der Waals surface area contributed by atoms with Crippen molar-refractivity contribution in [2.75, 3.05) is 0 Å². The zero-order chi connectivity index (χ0) is 8.85. The van der Waals surface area contributed by atoms with E-state index in [2.05, 4.69) is 5.43 Å². The normalized spacial score (nSPS) is 14.5. The van der Waals surface area contributed by atoms with Gasteiger partial charge >= 0.3 is 0 Å². The maximum atomic E-state index is 12.2. The highest BCUT2D eigenvalue weighted by atomic mass is 19.3. The Morgan fingerprint density at radius 3 is 1.82 bits per heavy atom. The lowest BCUT2D eigenvalue weighted by Gasteiger charge is -2.23. The van der Waals surface area contributed by atoms with Gasteiger partial charge in [0.15, 0.2) is 0 Å². The van der Waals surface area contributed by atoms with Crippen molar-refractivity contribution < 1.29 is 8.78 Å². The molecule has 0 aliphatic heterocycles. The molecule has 11 heavy (non-hydrogen) atoms. The third-order valence-electron chi connectivity index (χ3n) is 2.02. The van der Waals surface area contributed by atoms with Gasteiger partial charge in [0.2, 0.25) is 0 Å². The Hall–Kier alpha value is -0.220. The lowest BCUT2D eigenvalue weighted by Crippen LogP contribution is -2.45. The summed E-state index contributed by atoms with van der Waals surface area (Å²) in [5.74, 6) is 4.97. The monoisotopic (exact) mass is 166 g/mol. The molecule has 0 aromatic carbocycles. The molecule has 0 spiro atoms. The SMILES string of the molecule is CCC(CC)C(NN)C(F)F. The highest BCUT2D eigenvalue weighted by Gasteiger charge is 2.25. The van der Waals surface area contributed by atoms with Crippen LogP contribution in [0.15, 0.2) is 0 Å². The molecular formula is C7H16F2N2. The number of halogens is 2. The fraction of sp³-hybridized carbons (Fsp3) is 1.00. The average molecular weight is 166 g/mol. The molecule has 0 heterocycles. The van der Waals surface area contributed by atoms with Crippen LogP contribution in [0.3, 0.4) is 0 Å². The van der Waals surface area contributed by atoms with Crippen molar-refractivity contribution in [2.45, 2.75) is 39.2 Å². The zero-order valence-electron chi connectivity index (χ0n) is 6.98. The highest BCUT2D eigenvalue weighted by molar-refractivity contribution is 4.74. The summed E-state index contributed by atoms with van der Waals surface area (Å²) in [7, 11) is 0. The summed E-state index contributed by atoms with van der Waals surface area (Å²) in [5.41, 5.74) is 2.15. The van der Waals surface area contributed by atoms with E-state index in [4.69, 9.17) is 5.84 Å². The van der Waals surface area contributed by atoms with Gasteiger partial charge in [-0.05, 0) is 5.92 Å². The van der Waals surface area contributed by atoms with Gasteiger partial charge in [0, 0.05) is 0 Å². The fourth-order valence-corrected chi connectivity index (χ4v) is 1.21. The van der Waals surface area contributed by atoms with E-state index in [-0.39, 0.29) is 5.92 Å². The highest BCUT2D eigenvalue weighted by Crippen LogP contribution is 2.17. The van der Waals surface area contributed by atoms with E-state index in [9.17, 15) is 8.78 Å². The first-order valence-corrected chi connectivity index (χ1v) is 3.91. The molecule has 3 N–H and O–H groups in total. The van der Waals surface area contributed by atoms with Gasteiger partial charge in [-0.2, -0.15) is 0 Å². The van der Waals surface area contributed by atoms with Crippen LogP contribution in [0.25, 0.3) is 0 Å². The number of nitrogens with two attached hydrogens (primary N) is 1. The molecule has 0 amide bonds. The molecule has 1 atom stereocenters. The lowest BCUT2D eigenvalue weighted by atomic mass is 9.95. The molecular weight excluding hydrogens is 150 g/mol. The molecule has 2 nitrogen and oxygen atoms in total. The van der Waals surface area contributed by atoms with Gasteiger partial charge in [0.25, 0.3) is 6.43 Å². The molecule has 0 saturated heterocycles. The lowest BCUT2D eigenvalue weighted by molar-refractivity contribution is 0.0664. The van der Waals surface area contributed by atoms with Crippen LogP contribution in [0.5, 0.6) is 0 Å². The second-order valence-corrected chi connectivity index (χ2v) is 2.60. The first-order chi connectivity index (χ1) is 5.17. The standard InChI is InChI=1S/C7H16F2N2/c1-3-5(4-2)6(11-10)7(8)9/h5-7,11H,3-4,10H2,1-2H3. The molecule has 0 fully saturated rings. The minimum Gasteiger partial charge on any atom is -0.271 e. The van der Waals surface area contributed by atoms with Crippen LogP contribution >= 0.6 is 0 Å². The Bertz CT molecular complexity index is 94.4. The van der Waals surface area contributed by atoms with E-state index < -0.39 is 12.5 Å². The van der Waals surface area contributed by atoms with E-state index >= 15 is 0 Å². The van der Waals surface area contributed by atoms with E-state index in [1.165, 1.54) is 0 Å². The molecule has 1 unspecified atom stereocenters. The molecule has 4 heteroatoms. The maximum absolute atomic E-state index is 12.2. The summed E-state index contributed by atoms with van der Waals surface area (Å²) < 4.78 is 24.4. The average Bonchev–Trinajstić information content (AvgIpc) is 1.99. The molecule has 0 rings (SSSR count). The second-order valence-electron chi connectivity index (χ2n) is 2.60. The third kappa shape index (κ3) is 3.12. The molecule has 0 aromatic heterocycles. The Morgan fingerprint density at radius 2 is 1.73 bits per heavy atom. The molecule has 0 radical (unpaired) electrons. The number of hydrogen-bond donors (Lipinski definition) is 2. The summed E-state index contributed by atoms with van der Waals surface area (Å²) in [5, 5.41) is 0. The van der Waals surface area contributed by atoms with Crippen molar-refractivity contribution in [1.82, 2.24) is 5.43 Å². The number of hydrogen-bond acceptors (Lipinski definition) is 2. The van der Waals surface area contributed by atoms with Crippen LogP contribution in [0.1, 0.15) is 26.7 Å². The minimum atomic E-state index is -2.37. The summed E-state index contributed by atoms with van der Waals surface area (Å²) in [6.07, 6.45) is -0.907. The van der Waals surface area contributed by atoms with Crippen molar-refractivity contribution in [1.29, 1.82) is 0 Å². The number of hydrazine groups is 1. The topological polar surface area (TPSA) is 38.0 Å². The van der Waals surface area contributed by atoms with Gasteiger partial charge in [0.1, 0.15) is 0 Å². The number of nitrogens with one attached hydrogen (secondary N) is 1. The second kappa shape index (κ2) is 5.43. The van der Waals surface area contributed by atoms with Crippen LogP contribution in [0.4, 0.5) is 8.78 Å². The van der Waals surface area contributed by atoms with Gasteiger partial charge < -0.3 is 0 Å². The Labute approximate surface area is 66.1 Å². The van der Waals surface area contributed by atoms with Crippen LogP contribution in [0, 0.1) is 5.92 Å². The van der Waals surface area contributed by atoms with Gasteiger partial charge in [0.05, 0.1) is 6.04 Å². The predicted octanol–water partition coefficient (Wildman–Crippen LogP) is 1.52. The van der Waals surface area contributed by atoms with Crippen LogP contribution in [-0.2, 0) is 0 Å². The molecule has 0 aromatic rings. The van der Waals surface area contributed by atoms with Crippen LogP contribution < -0.4 is 11.3 Å². The molecule has 0 saturated carbocycles. The Kier molecular flexibility index (Phi) is 5.32. The minimum absolute atomic E-state index is 0.0278. The molecule has 0 aliphatic carbocycles. The zero-order valence-corrected chi connectivity index (χ0v) is 6.98. The van der Waals surface area contributed by atoms with E-state index in [1.54, 1.807) is 0 Å². The van der Waals surface area contributed by atoms with Crippen molar-refractivity contribution >= 4 is 0 Å². The summed E-state index contributed by atoms with van der Waals surface area (Å²) >= 11 is 0. The van der Waals surface area contributed by atoms with Gasteiger partial charge in [-0.1, -0.05) is 26.7 Å². The van der Waals surface area contributed by atoms with E-state index in [0.29, 0.717) is 0 Å². The molecule has 0 aliphatic rings. The fourth-order valence-electron chi connectivity index (χ4n) is 1.21. The van der Waals surface area contributed by atoms with E-state index in [1.807, 2.05) is 13.8 Å². The number of rotatable bonds is 5. The number of alkyl halides is 2. The largest absolute Gasteiger partial charge is 0.271 e. The molecule has 68 valence electrons. The summed E-state index contributed by atoms with van der Waals surface area (Å²) in [6, 6.07) is -0.856. The quantitative estimate of drug-likeness (QED) is 0.480.